The Labute approximate surface area is 149 Å². The molecule has 0 spiro atoms. The molecule has 1 aromatic heterocycles. The summed E-state index contributed by atoms with van der Waals surface area (Å²) >= 11 is 0. The number of carbonyl (C=O) groups is 1. The van der Waals surface area contributed by atoms with Crippen LogP contribution in [-0.4, -0.2) is 48.9 Å². The fourth-order valence-corrected chi connectivity index (χ4v) is 4.43. The van der Waals surface area contributed by atoms with Crippen LogP contribution in [0.5, 0.6) is 0 Å². The van der Waals surface area contributed by atoms with Crippen molar-refractivity contribution >= 4 is 27.2 Å². The van der Waals surface area contributed by atoms with E-state index in [2.05, 4.69) is 15.3 Å². The number of hydrogen-bond donors (Lipinski definition) is 1. The van der Waals surface area contributed by atoms with Crippen molar-refractivity contribution < 1.29 is 22.0 Å². The van der Waals surface area contributed by atoms with Crippen molar-refractivity contribution in [2.45, 2.75) is 12.5 Å². The van der Waals surface area contributed by atoms with Crippen molar-refractivity contribution in [1.82, 2.24) is 9.97 Å². The Morgan fingerprint density at radius 1 is 1.23 bits per heavy atom. The molecule has 1 atom stereocenters. The number of hydrogen-bond acceptors (Lipinski definition) is 6. The van der Waals surface area contributed by atoms with Crippen molar-refractivity contribution in [2.75, 3.05) is 28.8 Å². The van der Waals surface area contributed by atoms with Crippen LogP contribution in [0.1, 0.15) is 16.9 Å². The van der Waals surface area contributed by atoms with Gasteiger partial charge in [-0.2, -0.15) is 0 Å². The number of nitrogens with zero attached hydrogens (tertiary/aromatic N) is 3. The normalized spacial score (nSPS) is 18.5. The van der Waals surface area contributed by atoms with Gasteiger partial charge in [-0.25, -0.2) is 27.2 Å². The molecular weight excluding hydrogens is 366 g/mol. The Bertz CT molecular complexity index is 935. The zero-order chi connectivity index (χ0) is 18.9. The van der Waals surface area contributed by atoms with E-state index in [0.717, 1.165) is 12.1 Å². The van der Waals surface area contributed by atoms with Gasteiger partial charge in [0, 0.05) is 24.8 Å². The minimum absolute atomic E-state index is 0.00840. The molecule has 1 fully saturated rings. The van der Waals surface area contributed by atoms with E-state index in [1.807, 2.05) is 0 Å². The number of carbonyl (C=O) groups excluding carboxylic acids is 1. The maximum atomic E-state index is 13.2. The van der Waals surface area contributed by atoms with Gasteiger partial charge in [-0.05, 0) is 18.6 Å². The van der Waals surface area contributed by atoms with Gasteiger partial charge in [0.05, 0.1) is 23.9 Å². The Balaban J connectivity index is 1.68. The molecule has 1 N–H and O–H groups in total. The molecule has 1 aromatic carbocycles. The third kappa shape index (κ3) is 3.96. The number of amides is 1. The lowest BCUT2D eigenvalue weighted by Gasteiger charge is -2.23. The molecule has 1 aliphatic heterocycles. The molecule has 1 amide bonds. The topological polar surface area (TPSA) is 92.3 Å². The predicted octanol–water partition coefficient (Wildman–Crippen LogP) is 1.63. The lowest BCUT2D eigenvalue weighted by Crippen LogP contribution is -2.33. The SMILES string of the molecule is CN(c1cnc(C(=O)Nc2ccc(F)c(F)c2)cn1)C1CCS(=O)(=O)C1. The smallest absolute Gasteiger partial charge is 0.275 e. The number of aromatic nitrogens is 2. The second-order valence-electron chi connectivity index (χ2n) is 6.01. The molecule has 3 rings (SSSR count). The van der Waals surface area contributed by atoms with Crippen LogP contribution >= 0.6 is 0 Å². The highest BCUT2D eigenvalue weighted by Gasteiger charge is 2.31. The third-order valence-electron chi connectivity index (χ3n) is 4.17. The second kappa shape index (κ2) is 6.94. The van der Waals surface area contributed by atoms with E-state index >= 15 is 0 Å². The van der Waals surface area contributed by atoms with Crippen molar-refractivity contribution in [2.24, 2.45) is 0 Å². The number of rotatable bonds is 4. The number of halogens is 2. The first-order valence-corrected chi connectivity index (χ1v) is 9.59. The van der Waals surface area contributed by atoms with Gasteiger partial charge < -0.3 is 10.2 Å². The fourth-order valence-electron chi connectivity index (χ4n) is 2.66. The van der Waals surface area contributed by atoms with Crippen LogP contribution in [0.3, 0.4) is 0 Å². The van der Waals surface area contributed by atoms with Crippen LogP contribution in [0, 0.1) is 11.6 Å². The quantitative estimate of drug-likeness (QED) is 0.864. The molecule has 0 saturated carbocycles. The van der Waals surface area contributed by atoms with E-state index in [1.165, 1.54) is 18.5 Å². The summed E-state index contributed by atoms with van der Waals surface area (Å²) in [5, 5.41) is 2.40. The molecule has 0 aliphatic carbocycles. The number of anilines is 2. The number of nitrogens with one attached hydrogen (secondary N) is 1. The second-order valence-corrected chi connectivity index (χ2v) is 8.24. The van der Waals surface area contributed by atoms with E-state index in [0.29, 0.717) is 12.2 Å². The maximum absolute atomic E-state index is 13.2. The van der Waals surface area contributed by atoms with Gasteiger partial charge in [-0.3, -0.25) is 4.79 Å². The van der Waals surface area contributed by atoms with Gasteiger partial charge in [0.1, 0.15) is 11.5 Å². The molecule has 1 saturated heterocycles. The largest absolute Gasteiger partial charge is 0.354 e. The molecule has 138 valence electrons. The molecule has 0 radical (unpaired) electrons. The Kier molecular flexibility index (Phi) is 4.86. The molecule has 7 nitrogen and oxygen atoms in total. The summed E-state index contributed by atoms with van der Waals surface area (Å²) in [6.07, 6.45) is 3.12. The first kappa shape index (κ1) is 18.2. The van der Waals surface area contributed by atoms with Crippen molar-refractivity contribution in [3.63, 3.8) is 0 Å². The van der Waals surface area contributed by atoms with E-state index < -0.39 is 27.4 Å². The van der Waals surface area contributed by atoms with Gasteiger partial charge >= 0.3 is 0 Å². The van der Waals surface area contributed by atoms with Gasteiger partial charge in [-0.15, -0.1) is 0 Å². The summed E-state index contributed by atoms with van der Waals surface area (Å²) < 4.78 is 49.2. The number of sulfone groups is 1. The predicted molar refractivity (Wildman–Crippen MR) is 91.8 cm³/mol. The van der Waals surface area contributed by atoms with Crippen molar-refractivity contribution in [1.29, 1.82) is 0 Å². The zero-order valence-corrected chi connectivity index (χ0v) is 14.6. The first-order chi connectivity index (χ1) is 12.2. The molecule has 2 aromatic rings. The van der Waals surface area contributed by atoms with E-state index in [9.17, 15) is 22.0 Å². The molecule has 1 unspecified atom stereocenters. The van der Waals surface area contributed by atoms with Crippen molar-refractivity contribution in [3.8, 4) is 0 Å². The Hall–Kier alpha value is -2.62. The first-order valence-electron chi connectivity index (χ1n) is 7.77. The monoisotopic (exact) mass is 382 g/mol. The minimum Gasteiger partial charge on any atom is -0.354 e. The fraction of sp³-hybridized carbons (Fsp3) is 0.312. The van der Waals surface area contributed by atoms with Gasteiger partial charge in [-0.1, -0.05) is 0 Å². The van der Waals surface area contributed by atoms with Crippen LogP contribution in [0.25, 0.3) is 0 Å². The average molecular weight is 382 g/mol. The van der Waals surface area contributed by atoms with Crippen LogP contribution in [-0.2, 0) is 9.84 Å². The van der Waals surface area contributed by atoms with Crippen LogP contribution < -0.4 is 10.2 Å². The molecule has 10 heteroatoms. The summed E-state index contributed by atoms with van der Waals surface area (Å²) in [7, 11) is -1.30. The highest BCUT2D eigenvalue weighted by molar-refractivity contribution is 7.91. The summed E-state index contributed by atoms with van der Waals surface area (Å²) in [5.41, 5.74) is 0.0824. The van der Waals surface area contributed by atoms with Crippen molar-refractivity contribution in [3.05, 3.63) is 47.9 Å². The molecule has 26 heavy (non-hydrogen) atoms. The minimum atomic E-state index is -3.02. The van der Waals surface area contributed by atoms with Crippen LogP contribution in [0.2, 0.25) is 0 Å². The zero-order valence-electron chi connectivity index (χ0n) is 13.8. The van der Waals surface area contributed by atoms with Gasteiger partial charge in [0.15, 0.2) is 21.5 Å². The van der Waals surface area contributed by atoms with Gasteiger partial charge in [0.2, 0.25) is 0 Å². The molecule has 0 bridgehead atoms. The summed E-state index contributed by atoms with van der Waals surface area (Å²) in [5.74, 6) is -2.06. The molecule has 1 aliphatic rings. The summed E-state index contributed by atoms with van der Waals surface area (Å²) in [6, 6.07) is 2.82. The Morgan fingerprint density at radius 3 is 2.58 bits per heavy atom. The lowest BCUT2D eigenvalue weighted by atomic mass is 10.2. The van der Waals surface area contributed by atoms with Crippen LogP contribution in [0.4, 0.5) is 20.3 Å². The lowest BCUT2D eigenvalue weighted by molar-refractivity contribution is 0.102. The van der Waals surface area contributed by atoms with Gasteiger partial charge in [0.25, 0.3) is 5.91 Å². The van der Waals surface area contributed by atoms with E-state index in [1.54, 1.807) is 11.9 Å². The highest BCUT2D eigenvalue weighted by atomic mass is 32.2. The van der Waals surface area contributed by atoms with Crippen LogP contribution in [0.15, 0.2) is 30.6 Å². The third-order valence-corrected chi connectivity index (χ3v) is 5.92. The molecular formula is C16H16F2N4O3S. The van der Waals surface area contributed by atoms with E-state index in [-0.39, 0.29) is 28.9 Å². The average Bonchev–Trinajstić information content (AvgIpc) is 2.97. The number of benzene rings is 1. The summed E-state index contributed by atoms with van der Waals surface area (Å²) in [6.45, 7) is 0. The Morgan fingerprint density at radius 2 is 2.00 bits per heavy atom. The maximum Gasteiger partial charge on any atom is 0.275 e. The van der Waals surface area contributed by atoms with E-state index in [4.69, 9.17) is 0 Å². The highest BCUT2D eigenvalue weighted by Crippen LogP contribution is 2.21. The summed E-state index contributed by atoms with van der Waals surface area (Å²) in [4.78, 5) is 22.0. The molecule has 2 heterocycles. The standard InChI is InChI=1S/C16H16F2N4O3S/c1-22(11-4-5-26(24,25)9-11)15-8-19-14(7-20-15)16(23)21-10-2-3-12(17)13(18)6-10/h2-3,6-8,11H,4-5,9H2,1H3,(H,21,23).